The molecular weight excluding hydrogens is 154 g/mol. The first-order valence-electron chi connectivity index (χ1n) is 3.43. The fraction of sp³-hybridized carbons (Fsp3) is 0. The lowest BCUT2D eigenvalue weighted by Crippen LogP contribution is -2.18. The highest BCUT2D eigenvalue weighted by Gasteiger charge is 2.00. The molecular formula is C8H9N3O. The van der Waals surface area contributed by atoms with E-state index in [2.05, 4.69) is 10.5 Å². The average molecular weight is 163 g/mol. The summed E-state index contributed by atoms with van der Waals surface area (Å²) in [6.07, 6.45) is 1.03. The predicted octanol–water partition coefficient (Wildman–Crippen LogP) is 0.318. The topological polar surface area (TPSA) is 67.5 Å². The molecule has 0 aliphatic rings. The van der Waals surface area contributed by atoms with Crippen molar-refractivity contribution in [2.75, 3.05) is 0 Å². The van der Waals surface area contributed by atoms with Crippen LogP contribution >= 0.6 is 0 Å². The molecule has 0 bridgehead atoms. The van der Waals surface area contributed by atoms with Gasteiger partial charge in [-0.2, -0.15) is 5.10 Å². The monoisotopic (exact) mass is 163 g/mol. The van der Waals surface area contributed by atoms with Crippen LogP contribution in [0.25, 0.3) is 0 Å². The SMILES string of the molecule is N/C=N/NC(=O)c1ccccc1. The highest BCUT2D eigenvalue weighted by molar-refractivity contribution is 5.94. The predicted molar refractivity (Wildman–Crippen MR) is 46.6 cm³/mol. The molecule has 0 saturated heterocycles. The number of nitrogens with zero attached hydrogens (tertiary/aromatic N) is 1. The summed E-state index contributed by atoms with van der Waals surface area (Å²) in [5.74, 6) is -0.266. The number of rotatable bonds is 2. The van der Waals surface area contributed by atoms with Crippen molar-refractivity contribution in [3.8, 4) is 0 Å². The minimum atomic E-state index is -0.266. The van der Waals surface area contributed by atoms with Gasteiger partial charge in [0.05, 0.1) is 0 Å². The lowest BCUT2D eigenvalue weighted by atomic mass is 10.2. The molecule has 0 heterocycles. The maximum atomic E-state index is 11.1. The molecule has 62 valence electrons. The van der Waals surface area contributed by atoms with Crippen LogP contribution in [0.3, 0.4) is 0 Å². The Bertz CT molecular complexity index is 282. The van der Waals surface area contributed by atoms with Crippen LogP contribution in [-0.4, -0.2) is 12.2 Å². The number of hydrazone groups is 1. The highest BCUT2D eigenvalue weighted by atomic mass is 16.2. The van der Waals surface area contributed by atoms with Crippen molar-refractivity contribution in [1.29, 1.82) is 0 Å². The van der Waals surface area contributed by atoms with Gasteiger partial charge in [0.2, 0.25) is 0 Å². The molecule has 12 heavy (non-hydrogen) atoms. The molecule has 1 rings (SSSR count). The largest absolute Gasteiger partial charge is 0.388 e. The van der Waals surface area contributed by atoms with Crippen molar-refractivity contribution in [1.82, 2.24) is 5.43 Å². The van der Waals surface area contributed by atoms with Crippen LogP contribution in [0, 0.1) is 0 Å². The third kappa shape index (κ3) is 2.09. The lowest BCUT2D eigenvalue weighted by molar-refractivity contribution is 0.0955. The molecule has 4 nitrogen and oxygen atoms in total. The summed E-state index contributed by atoms with van der Waals surface area (Å²) >= 11 is 0. The summed E-state index contributed by atoms with van der Waals surface area (Å²) in [5, 5.41) is 3.40. The van der Waals surface area contributed by atoms with E-state index in [1.54, 1.807) is 24.3 Å². The quantitative estimate of drug-likeness (QED) is 0.374. The van der Waals surface area contributed by atoms with Crippen molar-refractivity contribution >= 4 is 12.2 Å². The van der Waals surface area contributed by atoms with Crippen LogP contribution in [0.4, 0.5) is 0 Å². The number of nitrogens with two attached hydrogens (primary N) is 1. The van der Waals surface area contributed by atoms with Gasteiger partial charge in [-0.15, -0.1) is 0 Å². The van der Waals surface area contributed by atoms with Crippen molar-refractivity contribution < 1.29 is 4.79 Å². The first kappa shape index (κ1) is 8.26. The second kappa shape index (κ2) is 4.12. The van der Waals surface area contributed by atoms with Gasteiger partial charge in [0.25, 0.3) is 5.91 Å². The molecule has 0 spiro atoms. The Morgan fingerprint density at radius 3 is 2.67 bits per heavy atom. The average Bonchev–Trinajstić information content (AvgIpc) is 2.15. The van der Waals surface area contributed by atoms with E-state index in [4.69, 9.17) is 5.73 Å². The van der Waals surface area contributed by atoms with Crippen molar-refractivity contribution in [2.45, 2.75) is 0 Å². The summed E-state index contributed by atoms with van der Waals surface area (Å²) < 4.78 is 0. The maximum Gasteiger partial charge on any atom is 0.271 e. The standard InChI is InChI=1S/C8H9N3O/c9-6-10-11-8(12)7-4-2-1-3-5-7/h1-6H,(H2,9,10)(H,11,12). The second-order valence-corrected chi connectivity index (χ2v) is 2.09. The van der Waals surface area contributed by atoms with Gasteiger partial charge in [0.15, 0.2) is 0 Å². The van der Waals surface area contributed by atoms with Crippen LogP contribution in [0.1, 0.15) is 10.4 Å². The van der Waals surface area contributed by atoms with Crippen LogP contribution < -0.4 is 11.2 Å². The van der Waals surface area contributed by atoms with E-state index in [-0.39, 0.29) is 5.91 Å². The molecule has 0 aliphatic heterocycles. The Labute approximate surface area is 70.1 Å². The van der Waals surface area contributed by atoms with Crippen molar-refractivity contribution in [3.63, 3.8) is 0 Å². The molecule has 1 aromatic carbocycles. The number of hydrogen-bond donors (Lipinski definition) is 2. The molecule has 1 aromatic rings. The van der Waals surface area contributed by atoms with Crippen molar-refractivity contribution in [3.05, 3.63) is 35.9 Å². The van der Waals surface area contributed by atoms with Gasteiger partial charge in [0.1, 0.15) is 6.34 Å². The van der Waals surface area contributed by atoms with Crippen LogP contribution in [-0.2, 0) is 0 Å². The fourth-order valence-corrected chi connectivity index (χ4v) is 0.750. The van der Waals surface area contributed by atoms with Crippen LogP contribution in [0.15, 0.2) is 35.4 Å². The molecule has 3 N–H and O–H groups in total. The number of nitrogens with one attached hydrogen (secondary N) is 1. The minimum Gasteiger partial charge on any atom is -0.388 e. The Balaban J connectivity index is 2.66. The third-order valence-corrected chi connectivity index (χ3v) is 1.28. The number of carbonyl (C=O) groups is 1. The highest BCUT2D eigenvalue weighted by Crippen LogP contribution is 1.96. The molecule has 0 saturated carbocycles. The van der Waals surface area contributed by atoms with Crippen LogP contribution in [0.2, 0.25) is 0 Å². The Kier molecular flexibility index (Phi) is 2.84. The summed E-state index contributed by atoms with van der Waals surface area (Å²) in [5.41, 5.74) is 7.76. The second-order valence-electron chi connectivity index (χ2n) is 2.09. The van der Waals surface area contributed by atoms with E-state index in [1.165, 1.54) is 0 Å². The zero-order chi connectivity index (χ0) is 8.81. The van der Waals surface area contributed by atoms with E-state index in [9.17, 15) is 4.79 Å². The summed E-state index contributed by atoms with van der Waals surface area (Å²) in [6, 6.07) is 8.79. The van der Waals surface area contributed by atoms with Gasteiger partial charge in [0, 0.05) is 5.56 Å². The number of carbonyl (C=O) groups excluding carboxylic acids is 1. The van der Waals surface area contributed by atoms with Gasteiger partial charge in [-0.25, -0.2) is 5.43 Å². The Hall–Kier alpha value is -1.84. The van der Waals surface area contributed by atoms with E-state index < -0.39 is 0 Å². The molecule has 1 amide bonds. The molecule has 0 atom stereocenters. The van der Waals surface area contributed by atoms with E-state index in [0.717, 1.165) is 6.34 Å². The first-order chi connectivity index (χ1) is 5.84. The van der Waals surface area contributed by atoms with Gasteiger partial charge >= 0.3 is 0 Å². The molecule has 0 aliphatic carbocycles. The lowest BCUT2D eigenvalue weighted by Gasteiger charge is -1.96. The van der Waals surface area contributed by atoms with E-state index in [1.807, 2.05) is 6.07 Å². The normalized spacial score (nSPS) is 10.0. The van der Waals surface area contributed by atoms with Gasteiger partial charge < -0.3 is 5.73 Å². The zero-order valence-corrected chi connectivity index (χ0v) is 6.40. The number of benzene rings is 1. The minimum absolute atomic E-state index is 0.266. The zero-order valence-electron chi connectivity index (χ0n) is 6.40. The third-order valence-electron chi connectivity index (χ3n) is 1.28. The molecule has 0 fully saturated rings. The van der Waals surface area contributed by atoms with E-state index in [0.29, 0.717) is 5.56 Å². The summed E-state index contributed by atoms with van der Waals surface area (Å²) in [4.78, 5) is 11.1. The first-order valence-corrected chi connectivity index (χ1v) is 3.43. The van der Waals surface area contributed by atoms with Crippen LogP contribution in [0.5, 0.6) is 0 Å². The molecule has 0 unspecified atom stereocenters. The molecule has 4 heteroatoms. The Morgan fingerprint density at radius 2 is 2.08 bits per heavy atom. The summed E-state index contributed by atoms with van der Waals surface area (Å²) in [6.45, 7) is 0. The van der Waals surface area contributed by atoms with Crippen molar-refractivity contribution in [2.24, 2.45) is 10.8 Å². The number of amides is 1. The molecule has 0 aromatic heterocycles. The van der Waals surface area contributed by atoms with Gasteiger partial charge in [-0.3, -0.25) is 4.79 Å². The number of hydrogen-bond acceptors (Lipinski definition) is 2. The maximum absolute atomic E-state index is 11.1. The Morgan fingerprint density at radius 1 is 1.42 bits per heavy atom. The van der Waals surface area contributed by atoms with Gasteiger partial charge in [-0.1, -0.05) is 18.2 Å². The summed E-state index contributed by atoms with van der Waals surface area (Å²) in [7, 11) is 0. The molecule has 0 radical (unpaired) electrons. The smallest absolute Gasteiger partial charge is 0.271 e. The van der Waals surface area contributed by atoms with Gasteiger partial charge in [-0.05, 0) is 12.1 Å². The fourth-order valence-electron chi connectivity index (χ4n) is 0.750. The van der Waals surface area contributed by atoms with E-state index >= 15 is 0 Å².